The molecule has 1 N–H and O–H groups in total. The molecule has 10 nitrogen and oxygen atoms in total. The van der Waals surface area contributed by atoms with E-state index in [0.29, 0.717) is 52.9 Å². The van der Waals surface area contributed by atoms with Gasteiger partial charge in [0.15, 0.2) is 11.5 Å². The average molecular weight is 578 g/mol. The van der Waals surface area contributed by atoms with Crippen molar-refractivity contribution in [1.82, 2.24) is 34.9 Å². The van der Waals surface area contributed by atoms with E-state index in [1.54, 1.807) is 18.5 Å². The molecule has 2 saturated heterocycles. The Morgan fingerprint density at radius 2 is 1.88 bits per heavy atom. The van der Waals surface area contributed by atoms with Gasteiger partial charge in [0.2, 0.25) is 11.9 Å². The molecule has 0 unspecified atom stereocenters. The number of carbonyl (C=O) groups is 1. The number of nitrogens with one attached hydrogen (secondary N) is 1. The Morgan fingerprint density at radius 1 is 1.12 bits per heavy atom. The molecule has 2 aliphatic heterocycles. The summed E-state index contributed by atoms with van der Waals surface area (Å²) in [6, 6.07) is 1.95. The molecular weight excluding hydrogens is 545 g/mol. The Labute approximate surface area is 242 Å². The molecule has 1 amide bonds. The number of rotatable bonds is 5. The Bertz CT molecular complexity index is 1680. The van der Waals surface area contributed by atoms with Gasteiger partial charge >= 0.3 is 0 Å². The number of aromatic amines is 1. The summed E-state index contributed by atoms with van der Waals surface area (Å²) in [5.41, 5.74) is 2.42. The number of fused-ring (bicyclic) bond motifs is 2. The summed E-state index contributed by atoms with van der Waals surface area (Å²) in [6.07, 6.45) is 4.66. The first-order valence-corrected chi connectivity index (χ1v) is 14.1. The monoisotopic (exact) mass is 577 g/mol. The molecule has 0 aliphatic carbocycles. The van der Waals surface area contributed by atoms with Gasteiger partial charge < -0.3 is 19.6 Å². The summed E-state index contributed by atoms with van der Waals surface area (Å²) in [4.78, 5) is 34.8. The molecule has 214 valence electrons. The third-order valence-corrected chi connectivity index (χ3v) is 8.66. The number of halogens is 2. The van der Waals surface area contributed by atoms with Gasteiger partial charge in [-0.05, 0) is 52.6 Å². The molecule has 2 fully saturated rings. The number of likely N-dealkylation sites (N-methyl/N-ethyl adjacent to an activating group) is 1. The highest BCUT2D eigenvalue weighted by Crippen LogP contribution is 2.42. The Kier molecular flexibility index (Phi) is 6.82. The van der Waals surface area contributed by atoms with Crippen LogP contribution in [0.5, 0.6) is 0 Å². The lowest BCUT2D eigenvalue weighted by Crippen LogP contribution is -2.59. The number of aromatic nitrogens is 5. The number of aryl methyl sites for hydroxylation is 1. The van der Waals surface area contributed by atoms with Gasteiger partial charge in [0.05, 0.1) is 11.2 Å². The van der Waals surface area contributed by atoms with Crippen LogP contribution in [0.4, 0.5) is 16.2 Å². The van der Waals surface area contributed by atoms with Crippen molar-refractivity contribution in [3.05, 3.63) is 47.5 Å². The largest absolute Gasteiger partial charge is 0.349 e. The zero-order valence-electron chi connectivity index (χ0n) is 23.8. The van der Waals surface area contributed by atoms with Gasteiger partial charge in [-0.15, -0.1) is 0 Å². The quantitative estimate of drug-likeness (QED) is 0.355. The maximum Gasteiger partial charge on any atom is 0.246 e. The van der Waals surface area contributed by atoms with Crippen LogP contribution < -0.4 is 9.80 Å². The van der Waals surface area contributed by atoms with Gasteiger partial charge in [-0.3, -0.25) is 9.89 Å². The predicted octanol–water partition coefficient (Wildman–Crippen LogP) is 4.03. The van der Waals surface area contributed by atoms with E-state index in [1.807, 2.05) is 39.8 Å². The number of anilines is 2. The van der Waals surface area contributed by atoms with Crippen molar-refractivity contribution in [3.8, 4) is 11.1 Å². The van der Waals surface area contributed by atoms with E-state index in [0.717, 1.165) is 18.7 Å². The fraction of sp³-hybridized carbons (Fsp3) is 0.414. The van der Waals surface area contributed by atoms with E-state index in [1.165, 1.54) is 6.08 Å². The van der Waals surface area contributed by atoms with Crippen molar-refractivity contribution in [1.29, 1.82) is 0 Å². The van der Waals surface area contributed by atoms with E-state index in [4.69, 9.17) is 21.6 Å². The Hall–Kier alpha value is -3.83. The van der Waals surface area contributed by atoms with Gasteiger partial charge in [0.25, 0.3) is 0 Å². The summed E-state index contributed by atoms with van der Waals surface area (Å²) >= 11 is 6.89. The number of piperazine rings is 1. The summed E-state index contributed by atoms with van der Waals surface area (Å²) in [5.74, 6) is 0.461. The number of hydrogen-bond donors (Lipinski definition) is 1. The third-order valence-electron chi connectivity index (χ3n) is 8.36. The van der Waals surface area contributed by atoms with Gasteiger partial charge in [0.1, 0.15) is 11.3 Å². The van der Waals surface area contributed by atoms with Crippen molar-refractivity contribution in [3.63, 3.8) is 0 Å². The highest BCUT2D eigenvalue weighted by atomic mass is 35.5. The second-order valence-corrected chi connectivity index (χ2v) is 11.7. The molecule has 4 aromatic rings. The average Bonchev–Trinajstić information content (AvgIpc) is 3.38. The van der Waals surface area contributed by atoms with Crippen molar-refractivity contribution < 1.29 is 9.18 Å². The van der Waals surface area contributed by atoms with Crippen LogP contribution in [0.2, 0.25) is 5.02 Å². The number of amides is 1. The minimum absolute atomic E-state index is 0.0820. The van der Waals surface area contributed by atoms with Gasteiger partial charge in [-0.2, -0.15) is 10.1 Å². The zero-order chi connectivity index (χ0) is 29.2. The lowest BCUT2D eigenvalue weighted by Gasteiger charge is -2.45. The van der Waals surface area contributed by atoms with Crippen LogP contribution >= 0.6 is 11.6 Å². The molecular formula is C29H33ClFN9O. The summed E-state index contributed by atoms with van der Waals surface area (Å²) in [7, 11) is 4.09. The third kappa shape index (κ3) is 4.47. The van der Waals surface area contributed by atoms with Crippen molar-refractivity contribution in [2.75, 3.05) is 50.1 Å². The van der Waals surface area contributed by atoms with Crippen LogP contribution in [-0.4, -0.2) is 99.3 Å². The van der Waals surface area contributed by atoms with Crippen LogP contribution in [-0.2, 0) is 4.79 Å². The van der Waals surface area contributed by atoms with Crippen molar-refractivity contribution >= 4 is 51.2 Å². The molecule has 0 spiro atoms. The molecule has 0 bridgehead atoms. The van der Waals surface area contributed by atoms with E-state index in [9.17, 15) is 4.79 Å². The van der Waals surface area contributed by atoms with Gasteiger partial charge in [0, 0.05) is 72.4 Å². The number of pyridine rings is 1. The molecule has 2 atom stereocenters. The number of H-pyrrole nitrogens is 1. The van der Waals surface area contributed by atoms with Gasteiger partial charge in [-0.25, -0.2) is 14.4 Å². The van der Waals surface area contributed by atoms with Crippen LogP contribution in [0.15, 0.2) is 31.1 Å². The van der Waals surface area contributed by atoms with E-state index < -0.39 is 5.82 Å². The Morgan fingerprint density at radius 3 is 2.59 bits per heavy atom. The number of benzene rings is 1. The van der Waals surface area contributed by atoms with E-state index in [-0.39, 0.29) is 34.1 Å². The molecule has 5 heterocycles. The lowest BCUT2D eigenvalue weighted by atomic mass is 9.97. The number of nitrogens with zero attached hydrogens (tertiary/aromatic N) is 8. The first-order valence-electron chi connectivity index (χ1n) is 13.7. The summed E-state index contributed by atoms with van der Waals surface area (Å²) in [6.45, 7) is 12.1. The molecule has 2 aliphatic rings. The van der Waals surface area contributed by atoms with E-state index >= 15 is 4.39 Å². The fourth-order valence-electron chi connectivity index (χ4n) is 5.88. The molecule has 0 saturated carbocycles. The number of hydrogen-bond acceptors (Lipinski definition) is 8. The highest BCUT2D eigenvalue weighted by Gasteiger charge is 2.36. The van der Waals surface area contributed by atoms with Crippen molar-refractivity contribution in [2.24, 2.45) is 0 Å². The minimum Gasteiger partial charge on any atom is -0.349 e. The second kappa shape index (κ2) is 10.2. The smallest absolute Gasteiger partial charge is 0.246 e. The van der Waals surface area contributed by atoms with Crippen molar-refractivity contribution in [2.45, 2.75) is 38.9 Å². The van der Waals surface area contributed by atoms with Crippen LogP contribution in [0.3, 0.4) is 0 Å². The second-order valence-electron chi connectivity index (χ2n) is 11.3. The maximum absolute atomic E-state index is 16.8. The maximum atomic E-state index is 16.8. The first kappa shape index (κ1) is 27.3. The zero-order valence-corrected chi connectivity index (χ0v) is 24.6. The van der Waals surface area contributed by atoms with E-state index in [2.05, 4.69) is 36.5 Å². The standard InChI is InChI=1S/C29H33ClFN9O/c1-7-22(41)39-11-17(4)40(12-16(39)3)28-19-8-21(30)24(23-15(2)9-32-27-20(23)10-33-36-27)25(31)26(19)34-29(35-28)38-13-18(14-38)37(5)6/h7-10,16-18H,1,11-14H2,2-6H3,(H,32,33,36)/t16-,17+/m1/s1. The topological polar surface area (TPSA) is 97.4 Å². The summed E-state index contributed by atoms with van der Waals surface area (Å²) < 4.78 is 16.8. The van der Waals surface area contributed by atoms with Crippen LogP contribution in [0.1, 0.15) is 19.4 Å². The minimum atomic E-state index is -0.514. The summed E-state index contributed by atoms with van der Waals surface area (Å²) in [5, 5.41) is 8.44. The van der Waals surface area contributed by atoms with Gasteiger partial charge in [-0.1, -0.05) is 18.2 Å². The molecule has 3 aromatic heterocycles. The number of carbonyl (C=O) groups excluding carboxylic acids is 1. The fourth-order valence-corrected chi connectivity index (χ4v) is 6.17. The van der Waals surface area contributed by atoms with Crippen LogP contribution in [0, 0.1) is 12.7 Å². The van der Waals surface area contributed by atoms with Crippen LogP contribution in [0.25, 0.3) is 33.1 Å². The Balaban J connectivity index is 1.54. The first-order chi connectivity index (χ1) is 19.6. The SMILES string of the molecule is C=CC(=O)N1C[C@H](C)N(c2nc(N3CC(N(C)C)C3)nc3c(F)c(-c4c(C)cnc5[nH]ncc45)c(Cl)cc23)C[C@H]1C. The molecule has 1 aromatic carbocycles. The predicted molar refractivity (Wildman–Crippen MR) is 160 cm³/mol. The molecule has 12 heteroatoms. The molecule has 41 heavy (non-hydrogen) atoms. The normalized spacial score (nSPS) is 19.9. The molecule has 0 radical (unpaired) electrons. The molecule has 6 rings (SSSR count). The highest BCUT2D eigenvalue weighted by molar-refractivity contribution is 6.35. The lowest BCUT2D eigenvalue weighted by molar-refractivity contribution is -0.128.